The van der Waals surface area contributed by atoms with Gasteiger partial charge in [0, 0.05) is 38.9 Å². The number of halogens is 1. The lowest BCUT2D eigenvalue weighted by atomic mass is 10.2. The molecule has 0 unspecified atom stereocenters. The second-order valence-corrected chi connectivity index (χ2v) is 10.1. The number of sulfonamides is 1. The number of hydrogen-bond acceptors (Lipinski definition) is 5. The van der Waals surface area contributed by atoms with Crippen LogP contribution in [0.4, 0.5) is 5.82 Å². The van der Waals surface area contributed by atoms with E-state index in [9.17, 15) is 13.2 Å². The first-order valence-corrected chi connectivity index (χ1v) is 11.9. The van der Waals surface area contributed by atoms with Gasteiger partial charge in [0.25, 0.3) is 0 Å². The molecule has 1 aromatic heterocycles. The van der Waals surface area contributed by atoms with Crippen LogP contribution < -0.4 is 4.90 Å². The van der Waals surface area contributed by atoms with Gasteiger partial charge in [-0.3, -0.25) is 4.79 Å². The molecule has 160 valence electrons. The molecular formula is C21H25ClN4O3S. The van der Waals surface area contributed by atoms with Crippen LogP contribution in [0.25, 0.3) is 0 Å². The van der Waals surface area contributed by atoms with Crippen LogP contribution >= 0.6 is 11.6 Å². The van der Waals surface area contributed by atoms with Gasteiger partial charge in [-0.15, -0.1) is 0 Å². The lowest BCUT2D eigenvalue weighted by Gasteiger charge is -2.37. The van der Waals surface area contributed by atoms with Crippen LogP contribution in [-0.2, 0) is 14.8 Å². The van der Waals surface area contributed by atoms with Gasteiger partial charge in [0.1, 0.15) is 11.9 Å². The fourth-order valence-electron chi connectivity index (χ4n) is 4.04. The first-order valence-electron chi connectivity index (χ1n) is 10.1. The van der Waals surface area contributed by atoms with Crippen molar-refractivity contribution in [1.82, 2.24) is 14.2 Å². The summed E-state index contributed by atoms with van der Waals surface area (Å²) in [4.78, 5) is 21.7. The number of pyridine rings is 1. The average molecular weight is 449 g/mol. The van der Waals surface area contributed by atoms with Gasteiger partial charge in [0.05, 0.1) is 9.92 Å². The van der Waals surface area contributed by atoms with Crippen LogP contribution in [0, 0.1) is 6.92 Å². The smallest absolute Gasteiger partial charge is 0.243 e. The van der Waals surface area contributed by atoms with E-state index in [2.05, 4.69) is 9.88 Å². The Hall–Kier alpha value is -2.16. The van der Waals surface area contributed by atoms with Crippen molar-refractivity contribution in [3.63, 3.8) is 0 Å². The van der Waals surface area contributed by atoms with Crippen LogP contribution in [0.3, 0.4) is 0 Å². The van der Waals surface area contributed by atoms with E-state index in [1.165, 1.54) is 4.31 Å². The standard InChI is InChI=1S/C21H25ClN4O3S/c1-16-4-7-18(8-5-16)30(28,29)26-10-2-3-19(26)21(27)25-13-11-24(12-14-25)20-9-6-17(22)15-23-20/h4-9,15,19H,2-3,10-14H2,1H3/t19-/m0/s1. The van der Waals surface area contributed by atoms with Gasteiger partial charge >= 0.3 is 0 Å². The Morgan fingerprint density at radius 1 is 1.03 bits per heavy atom. The van der Waals surface area contributed by atoms with E-state index >= 15 is 0 Å². The van der Waals surface area contributed by atoms with E-state index in [4.69, 9.17) is 11.6 Å². The monoisotopic (exact) mass is 448 g/mol. The Balaban J connectivity index is 1.44. The molecule has 30 heavy (non-hydrogen) atoms. The molecule has 9 heteroatoms. The van der Waals surface area contributed by atoms with Crippen LogP contribution in [-0.4, -0.2) is 67.3 Å². The number of aromatic nitrogens is 1. The van der Waals surface area contributed by atoms with Gasteiger partial charge in [0.2, 0.25) is 15.9 Å². The van der Waals surface area contributed by atoms with E-state index in [0.717, 1.165) is 11.4 Å². The number of benzene rings is 1. The van der Waals surface area contributed by atoms with Crippen LogP contribution in [0.5, 0.6) is 0 Å². The highest BCUT2D eigenvalue weighted by Gasteiger charge is 2.41. The summed E-state index contributed by atoms with van der Waals surface area (Å²) < 4.78 is 27.7. The maximum absolute atomic E-state index is 13.2. The van der Waals surface area contributed by atoms with Gasteiger partial charge in [-0.25, -0.2) is 13.4 Å². The van der Waals surface area contributed by atoms with Crippen molar-refractivity contribution in [2.75, 3.05) is 37.6 Å². The lowest BCUT2D eigenvalue weighted by Crippen LogP contribution is -2.54. The molecule has 2 aromatic rings. The summed E-state index contributed by atoms with van der Waals surface area (Å²) in [5.41, 5.74) is 0.996. The molecular weight excluding hydrogens is 424 g/mol. The maximum Gasteiger partial charge on any atom is 0.243 e. The number of hydrogen-bond donors (Lipinski definition) is 0. The minimum absolute atomic E-state index is 0.105. The number of nitrogens with zero attached hydrogens (tertiary/aromatic N) is 4. The second kappa shape index (κ2) is 8.53. The van der Waals surface area contributed by atoms with Crippen molar-refractivity contribution in [3.05, 3.63) is 53.2 Å². The summed E-state index contributed by atoms with van der Waals surface area (Å²) in [5.74, 6) is 0.725. The second-order valence-electron chi connectivity index (χ2n) is 7.73. The zero-order valence-electron chi connectivity index (χ0n) is 16.9. The molecule has 2 saturated heterocycles. The van der Waals surface area contributed by atoms with E-state index in [1.807, 2.05) is 13.0 Å². The Bertz CT molecular complexity index is 1000. The van der Waals surface area contributed by atoms with E-state index in [-0.39, 0.29) is 10.8 Å². The predicted molar refractivity (Wildman–Crippen MR) is 116 cm³/mol. The summed E-state index contributed by atoms with van der Waals surface area (Å²) in [6.07, 6.45) is 2.86. The summed E-state index contributed by atoms with van der Waals surface area (Å²) in [6.45, 7) is 4.67. The zero-order valence-corrected chi connectivity index (χ0v) is 18.4. The predicted octanol–water partition coefficient (Wildman–Crippen LogP) is 2.55. The van der Waals surface area contributed by atoms with Crippen molar-refractivity contribution < 1.29 is 13.2 Å². The van der Waals surface area contributed by atoms with Crippen LogP contribution in [0.15, 0.2) is 47.5 Å². The van der Waals surface area contributed by atoms with Gasteiger partial charge in [-0.05, 0) is 44.0 Å². The summed E-state index contributed by atoms with van der Waals surface area (Å²) in [7, 11) is -3.69. The summed E-state index contributed by atoms with van der Waals surface area (Å²) in [5, 5.41) is 0.587. The third-order valence-electron chi connectivity index (χ3n) is 5.74. The van der Waals surface area contributed by atoms with Crippen molar-refractivity contribution in [2.45, 2.75) is 30.7 Å². The molecule has 0 aliphatic carbocycles. The SMILES string of the molecule is Cc1ccc(S(=O)(=O)N2CCC[C@H]2C(=O)N2CCN(c3ccc(Cl)cn3)CC2)cc1. The number of carbonyl (C=O) groups excluding carboxylic acids is 1. The van der Waals surface area contributed by atoms with Gasteiger partial charge in [-0.1, -0.05) is 29.3 Å². The topological polar surface area (TPSA) is 73.8 Å². The molecule has 0 radical (unpaired) electrons. The first-order chi connectivity index (χ1) is 14.4. The quantitative estimate of drug-likeness (QED) is 0.718. The molecule has 0 spiro atoms. The minimum Gasteiger partial charge on any atom is -0.353 e. The van der Waals surface area contributed by atoms with Crippen molar-refractivity contribution in [3.8, 4) is 0 Å². The number of aryl methyl sites for hydroxylation is 1. The Kier molecular flexibility index (Phi) is 5.99. The first kappa shape index (κ1) is 21.1. The molecule has 0 bridgehead atoms. The van der Waals surface area contributed by atoms with Crippen molar-refractivity contribution in [2.24, 2.45) is 0 Å². The molecule has 1 amide bonds. The highest BCUT2D eigenvalue weighted by atomic mass is 35.5. The van der Waals surface area contributed by atoms with Gasteiger partial charge < -0.3 is 9.80 Å². The highest BCUT2D eigenvalue weighted by molar-refractivity contribution is 7.89. The molecule has 0 saturated carbocycles. The number of anilines is 1. The van der Waals surface area contributed by atoms with Crippen LogP contribution in [0.1, 0.15) is 18.4 Å². The zero-order chi connectivity index (χ0) is 21.3. The average Bonchev–Trinajstić information content (AvgIpc) is 3.25. The van der Waals surface area contributed by atoms with Gasteiger partial charge in [-0.2, -0.15) is 4.31 Å². The summed E-state index contributed by atoms with van der Waals surface area (Å²) in [6, 6.07) is 9.83. The largest absolute Gasteiger partial charge is 0.353 e. The normalized spacial score (nSPS) is 20.5. The fraction of sp³-hybridized carbons (Fsp3) is 0.429. The Morgan fingerprint density at radius 3 is 2.37 bits per heavy atom. The molecule has 1 atom stereocenters. The number of rotatable bonds is 4. The lowest BCUT2D eigenvalue weighted by molar-refractivity contribution is -0.134. The highest BCUT2D eigenvalue weighted by Crippen LogP contribution is 2.28. The molecule has 4 rings (SSSR count). The third-order valence-corrected chi connectivity index (χ3v) is 7.89. The molecule has 2 aliphatic rings. The molecule has 0 N–H and O–H groups in total. The molecule has 2 fully saturated rings. The minimum atomic E-state index is -3.69. The maximum atomic E-state index is 13.2. The molecule has 3 heterocycles. The van der Waals surface area contributed by atoms with E-state index < -0.39 is 16.1 Å². The van der Waals surface area contributed by atoms with Crippen LogP contribution in [0.2, 0.25) is 5.02 Å². The molecule has 1 aromatic carbocycles. The number of carbonyl (C=O) groups is 1. The summed E-state index contributed by atoms with van der Waals surface area (Å²) >= 11 is 5.90. The van der Waals surface area contributed by atoms with Crippen molar-refractivity contribution >= 4 is 33.3 Å². The van der Waals surface area contributed by atoms with E-state index in [1.54, 1.807) is 41.4 Å². The fourth-order valence-corrected chi connectivity index (χ4v) is 5.80. The third kappa shape index (κ3) is 4.17. The Morgan fingerprint density at radius 2 is 1.73 bits per heavy atom. The number of piperazine rings is 1. The van der Waals surface area contributed by atoms with E-state index in [0.29, 0.717) is 50.6 Å². The molecule has 7 nitrogen and oxygen atoms in total. The van der Waals surface area contributed by atoms with Crippen molar-refractivity contribution in [1.29, 1.82) is 0 Å². The van der Waals surface area contributed by atoms with Gasteiger partial charge in [0.15, 0.2) is 0 Å². The number of amides is 1. The Labute approximate surface area is 182 Å². The molecule has 2 aliphatic heterocycles.